The summed E-state index contributed by atoms with van der Waals surface area (Å²) in [6, 6.07) is 37.2. The first-order chi connectivity index (χ1) is 33.1. The Morgan fingerprint density at radius 1 is 0.765 bits per heavy atom. The number of fused-ring (bicyclic) bond motifs is 4. The molecule has 12 rings (SSSR count). The monoisotopic (exact) mass is 934 g/mol. The third-order valence-corrected chi connectivity index (χ3v) is 15.0. The number of benzene rings is 4. The van der Waals surface area contributed by atoms with Crippen LogP contribution in [0.25, 0.3) is 5.00 Å². The maximum Gasteiger partial charge on any atom is 0.165 e. The zero-order chi connectivity index (χ0) is 47.0. The molecule has 0 saturated carbocycles. The molecule has 1 unspecified atom stereocenters. The van der Waals surface area contributed by atoms with E-state index in [2.05, 4.69) is 108 Å². The van der Waals surface area contributed by atoms with Gasteiger partial charge in [0.05, 0.1) is 5.71 Å². The molecule has 1 aliphatic carbocycles. The molecule has 2 aromatic heterocycles. The lowest BCUT2D eigenvalue weighted by Crippen LogP contribution is -2.67. The highest BCUT2D eigenvalue weighted by molar-refractivity contribution is 7.15. The number of para-hydroxylation sites is 1. The topological polar surface area (TPSA) is 118 Å². The number of nitrogens with zero attached hydrogens (tertiary/aromatic N) is 8. The van der Waals surface area contributed by atoms with Gasteiger partial charge in [-0.2, -0.15) is 0 Å². The number of aliphatic imine (C=N–C) groups is 1. The second kappa shape index (κ2) is 21.5. The van der Waals surface area contributed by atoms with Gasteiger partial charge >= 0.3 is 0 Å². The van der Waals surface area contributed by atoms with Crippen LogP contribution in [-0.2, 0) is 24.1 Å². The largest absolute Gasteiger partial charge is 0.508 e. The van der Waals surface area contributed by atoms with Gasteiger partial charge in [-0.3, -0.25) is 14.5 Å². The van der Waals surface area contributed by atoms with Crippen LogP contribution in [0.5, 0.6) is 5.75 Å². The SMILES string of the molecule is CC1NC=CO1.Cc1sc2c(c1C)C(c1ccc(N3CC(O)(CN4CCN(CC5CN(c6ccccc6)C5)CC4)C3)cc1)=NCc1nnc(C)n1-2.Oc1ccc2c(c1)CCCC2.c1ccccc1. The van der Waals surface area contributed by atoms with Crippen molar-refractivity contribution in [1.29, 1.82) is 0 Å². The molecular formula is C55H67N9O3S. The second-order valence-electron chi connectivity index (χ2n) is 19.0. The van der Waals surface area contributed by atoms with Gasteiger partial charge in [0.1, 0.15) is 35.0 Å². The lowest BCUT2D eigenvalue weighted by molar-refractivity contribution is -0.0309. The number of hydrogen-bond acceptors (Lipinski definition) is 12. The molecule has 13 heteroatoms. The minimum Gasteiger partial charge on any atom is -0.508 e. The average molecular weight is 934 g/mol. The Labute approximate surface area is 406 Å². The average Bonchev–Trinajstić information content (AvgIpc) is 4.03. The molecule has 6 aromatic rings. The van der Waals surface area contributed by atoms with E-state index in [1.54, 1.807) is 29.9 Å². The van der Waals surface area contributed by atoms with Crippen molar-refractivity contribution in [2.24, 2.45) is 10.9 Å². The number of aromatic nitrogens is 3. The predicted octanol–water partition coefficient (Wildman–Crippen LogP) is 8.29. The molecule has 0 amide bonds. The highest BCUT2D eigenvalue weighted by Gasteiger charge is 2.43. The number of aliphatic hydroxyl groups is 1. The molecule has 5 aliphatic heterocycles. The van der Waals surface area contributed by atoms with Crippen molar-refractivity contribution in [3.63, 3.8) is 0 Å². The van der Waals surface area contributed by atoms with E-state index in [0.717, 1.165) is 91.8 Å². The number of anilines is 2. The van der Waals surface area contributed by atoms with Gasteiger partial charge in [0.2, 0.25) is 0 Å². The van der Waals surface area contributed by atoms with Gasteiger partial charge in [-0.25, -0.2) is 0 Å². The zero-order valence-electron chi connectivity index (χ0n) is 40.1. The van der Waals surface area contributed by atoms with Crippen molar-refractivity contribution in [3.05, 3.63) is 166 Å². The van der Waals surface area contributed by atoms with Crippen LogP contribution in [0.15, 0.2) is 127 Å². The summed E-state index contributed by atoms with van der Waals surface area (Å²) in [6.45, 7) is 18.7. The number of hydrogen-bond donors (Lipinski definition) is 3. The van der Waals surface area contributed by atoms with Crippen LogP contribution in [0.2, 0.25) is 0 Å². The Morgan fingerprint density at radius 3 is 2.06 bits per heavy atom. The number of β-amino-alcohol motifs (C(OH)–C–C–N with tert-alkyl or cyclic N) is 1. The quantitative estimate of drug-likeness (QED) is 0.145. The Morgan fingerprint density at radius 2 is 1.41 bits per heavy atom. The van der Waals surface area contributed by atoms with Gasteiger partial charge in [0, 0.05) is 105 Å². The molecule has 1 atom stereocenters. The van der Waals surface area contributed by atoms with Crippen molar-refractivity contribution in [3.8, 4) is 10.8 Å². The Hall–Kier alpha value is -5.99. The summed E-state index contributed by atoms with van der Waals surface area (Å²) in [7, 11) is 0. The van der Waals surface area contributed by atoms with Crippen LogP contribution in [0.3, 0.4) is 0 Å². The maximum absolute atomic E-state index is 11.4. The van der Waals surface area contributed by atoms with E-state index in [4.69, 9.17) is 9.73 Å². The molecule has 7 heterocycles. The smallest absolute Gasteiger partial charge is 0.165 e. The zero-order valence-corrected chi connectivity index (χ0v) is 40.9. The number of ether oxygens (including phenoxy) is 1. The molecular weight excluding hydrogens is 867 g/mol. The van der Waals surface area contributed by atoms with Crippen molar-refractivity contribution in [1.82, 2.24) is 29.9 Å². The molecule has 3 fully saturated rings. The molecule has 0 spiro atoms. The van der Waals surface area contributed by atoms with Gasteiger partial charge in [-0.15, -0.1) is 21.5 Å². The van der Waals surface area contributed by atoms with Crippen LogP contribution < -0.4 is 15.1 Å². The number of phenolic OH excluding ortho intramolecular Hbond substituents is 1. The molecule has 3 saturated heterocycles. The fourth-order valence-corrected chi connectivity index (χ4v) is 11.2. The summed E-state index contributed by atoms with van der Waals surface area (Å²) in [5.41, 5.74) is 9.20. The number of thiophene rings is 1. The molecule has 0 bridgehead atoms. The number of aryl methyl sites for hydroxylation is 4. The third kappa shape index (κ3) is 11.3. The minimum absolute atomic E-state index is 0.185. The van der Waals surface area contributed by atoms with Gasteiger partial charge in [0.25, 0.3) is 0 Å². The highest BCUT2D eigenvalue weighted by Crippen LogP contribution is 2.37. The Kier molecular flexibility index (Phi) is 14.9. The molecule has 68 heavy (non-hydrogen) atoms. The molecule has 4 aromatic carbocycles. The Balaban J connectivity index is 0.000000203. The van der Waals surface area contributed by atoms with E-state index in [-0.39, 0.29) is 6.23 Å². The molecule has 6 aliphatic rings. The van der Waals surface area contributed by atoms with Crippen molar-refractivity contribution in [2.75, 3.05) is 75.2 Å². The van der Waals surface area contributed by atoms with Gasteiger partial charge < -0.3 is 35.0 Å². The number of aromatic hydroxyl groups is 1. The van der Waals surface area contributed by atoms with Gasteiger partial charge in [-0.1, -0.05) is 72.8 Å². The molecule has 3 N–H and O–H groups in total. The lowest BCUT2D eigenvalue weighted by atomic mass is 9.91. The van der Waals surface area contributed by atoms with E-state index >= 15 is 0 Å². The maximum atomic E-state index is 11.4. The van der Waals surface area contributed by atoms with Crippen LogP contribution in [0, 0.1) is 26.7 Å². The standard InChI is InChI=1S/C35H42N8OS.C10H12O.C6H6.C4H7NO/c1-24-25(2)45-34-32(24)33(36-17-31-38-37-26(3)43(31)34)28-9-11-30(12-10-28)42-22-35(44,23-42)21-40-15-13-39(14-16-40)18-27-19-41(20-27)29-7-5-4-6-8-29;11-10-6-5-8-3-1-2-4-9(8)7-10;1-2-4-6-5-3-1;1-4-5-2-3-6-4/h4-12,27,44H,13-23H2,1-3H3;5-7,11H,1-4H2;1-6H;2-5H,1H3. The Bertz CT molecular complexity index is 2590. The minimum atomic E-state index is -0.650. The molecule has 0 radical (unpaired) electrons. The fraction of sp³-hybridized carbons (Fsp3) is 0.400. The second-order valence-corrected chi connectivity index (χ2v) is 20.2. The van der Waals surface area contributed by atoms with Crippen molar-refractivity contribution >= 4 is 28.4 Å². The number of piperazine rings is 1. The first-order valence-corrected chi connectivity index (χ1v) is 25.2. The molecule has 12 nitrogen and oxygen atoms in total. The number of rotatable bonds is 7. The normalized spacial score (nSPS) is 19.2. The van der Waals surface area contributed by atoms with Crippen LogP contribution in [0.4, 0.5) is 11.4 Å². The summed E-state index contributed by atoms with van der Waals surface area (Å²) < 4.78 is 7.03. The van der Waals surface area contributed by atoms with E-state index in [9.17, 15) is 10.2 Å². The van der Waals surface area contributed by atoms with E-state index < -0.39 is 5.60 Å². The summed E-state index contributed by atoms with van der Waals surface area (Å²) in [6.07, 6.45) is 8.52. The summed E-state index contributed by atoms with van der Waals surface area (Å²) >= 11 is 1.79. The molecule has 356 valence electrons. The van der Waals surface area contributed by atoms with Crippen LogP contribution in [0.1, 0.15) is 64.1 Å². The number of nitrogens with one attached hydrogen (secondary N) is 1. The third-order valence-electron chi connectivity index (χ3n) is 13.8. The first-order valence-electron chi connectivity index (χ1n) is 24.3. The lowest BCUT2D eigenvalue weighted by Gasteiger charge is -2.51. The van der Waals surface area contributed by atoms with Gasteiger partial charge in [-0.05, 0) is 106 Å². The highest BCUT2D eigenvalue weighted by atomic mass is 32.1. The van der Waals surface area contributed by atoms with E-state index in [1.165, 1.54) is 58.6 Å². The van der Waals surface area contributed by atoms with Crippen LogP contribution in [-0.4, -0.2) is 118 Å². The van der Waals surface area contributed by atoms with E-state index in [0.29, 0.717) is 25.4 Å². The van der Waals surface area contributed by atoms with E-state index in [1.807, 2.05) is 62.4 Å². The number of phenols is 1. The van der Waals surface area contributed by atoms with Crippen LogP contribution >= 0.6 is 11.3 Å². The van der Waals surface area contributed by atoms with Gasteiger partial charge in [0.15, 0.2) is 12.1 Å². The predicted molar refractivity (Wildman–Crippen MR) is 275 cm³/mol. The first kappa shape index (κ1) is 47.1. The van der Waals surface area contributed by atoms with Crippen molar-refractivity contribution < 1.29 is 14.9 Å². The summed E-state index contributed by atoms with van der Waals surface area (Å²) in [5.74, 6) is 2.95. The summed E-state index contributed by atoms with van der Waals surface area (Å²) in [4.78, 5) is 16.2. The fourth-order valence-electron chi connectivity index (χ4n) is 9.98. The summed E-state index contributed by atoms with van der Waals surface area (Å²) in [5, 5.41) is 33.4. The van der Waals surface area contributed by atoms with Crippen molar-refractivity contribution in [2.45, 2.75) is 71.8 Å².